The number of likely N-dealkylation sites (tertiary alicyclic amines) is 1. The molecular weight excluding hydrogens is 333 g/mol. The fourth-order valence-electron chi connectivity index (χ4n) is 3.71. The fourth-order valence-corrected chi connectivity index (χ4v) is 3.71. The summed E-state index contributed by atoms with van der Waals surface area (Å²) in [6.07, 6.45) is 3.31. The third-order valence-corrected chi connectivity index (χ3v) is 5.11. The molecule has 2 atom stereocenters. The van der Waals surface area contributed by atoms with Crippen LogP contribution in [0.5, 0.6) is 11.8 Å². The van der Waals surface area contributed by atoms with Crippen LogP contribution in [0.15, 0.2) is 24.4 Å². The second-order valence-electron chi connectivity index (χ2n) is 6.94. The van der Waals surface area contributed by atoms with Gasteiger partial charge in [-0.15, -0.1) is 0 Å². The zero-order chi connectivity index (χ0) is 18.7. The van der Waals surface area contributed by atoms with Gasteiger partial charge in [-0.2, -0.15) is 0 Å². The predicted octanol–water partition coefficient (Wildman–Crippen LogP) is 3.57. The third kappa shape index (κ3) is 4.12. The molecule has 0 saturated carbocycles. The van der Waals surface area contributed by atoms with Crippen LogP contribution in [0.4, 0.5) is 4.39 Å². The van der Waals surface area contributed by atoms with E-state index < -0.39 is 0 Å². The molecule has 5 nitrogen and oxygen atoms in total. The van der Waals surface area contributed by atoms with Crippen molar-refractivity contribution >= 4 is 0 Å². The van der Waals surface area contributed by atoms with E-state index in [1.54, 1.807) is 20.3 Å². The van der Waals surface area contributed by atoms with Gasteiger partial charge in [-0.05, 0) is 50.8 Å². The zero-order valence-electron chi connectivity index (χ0n) is 15.8. The summed E-state index contributed by atoms with van der Waals surface area (Å²) in [7, 11) is 3.19. The van der Waals surface area contributed by atoms with Gasteiger partial charge in [0, 0.05) is 36.0 Å². The van der Waals surface area contributed by atoms with Crippen molar-refractivity contribution in [3.63, 3.8) is 0 Å². The molecule has 0 spiro atoms. The van der Waals surface area contributed by atoms with Crippen molar-refractivity contribution in [3.8, 4) is 11.8 Å². The van der Waals surface area contributed by atoms with Crippen LogP contribution in [-0.4, -0.2) is 42.2 Å². The van der Waals surface area contributed by atoms with Gasteiger partial charge in [0.15, 0.2) is 0 Å². The summed E-state index contributed by atoms with van der Waals surface area (Å²) in [6, 6.07) is 5.81. The highest BCUT2D eigenvalue weighted by Gasteiger charge is 2.28. The Bertz CT molecular complexity index is 769. The van der Waals surface area contributed by atoms with Crippen LogP contribution >= 0.6 is 0 Å². The van der Waals surface area contributed by atoms with Crippen LogP contribution in [0, 0.1) is 18.7 Å². The Hall–Kier alpha value is -2.21. The Morgan fingerprint density at radius 1 is 1.23 bits per heavy atom. The molecule has 1 aliphatic rings. The van der Waals surface area contributed by atoms with Gasteiger partial charge >= 0.3 is 0 Å². The second-order valence-corrected chi connectivity index (χ2v) is 6.94. The van der Waals surface area contributed by atoms with E-state index in [1.165, 1.54) is 11.8 Å². The first kappa shape index (κ1) is 18.6. The van der Waals surface area contributed by atoms with Crippen molar-refractivity contribution in [2.75, 3.05) is 27.3 Å². The molecule has 2 aromatic rings. The summed E-state index contributed by atoms with van der Waals surface area (Å²) < 4.78 is 24.6. The Kier molecular flexibility index (Phi) is 5.71. The van der Waals surface area contributed by atoms with Gasteiger partial charge in [0.05, 0.1) is 20.4 Å². The maximum atomic E-state index is 14.2. The summed E-state index contributed by atoms with van der Waals surface area (Å²) in [5.41, 5.74) is 2.85. The number of hydrogen-bond donors (Lipinski definition) is 0. The van der Waals surface area contributed by atoms with E-state index in [4.69, 9.17) is 9.47 Å². The summed E-state index contributed by atoms with van der Waals surface area (Å²) >= 11 is 0. The highest BCUT2D eigenvalue weighted by atomic mass is 19.1. The molecule has 2 aromatic heterocycles. The van der Waals surface area contributed by atoms with Gasteiger partial charge in [-0.1, -0.05) is 0 Å². The first-order chi connectivity index (χ1) is 12.5. The lowest BCUT2D eigenvalue weighted by Crippen LogP contribution is -2.25. The van der Waals surface area contributed by atoms with Crippen LogP contribution in [0.2, 0.25) is 0 Å². The summed E-state index contributed by atoms with van der Waals surface area (Å²) in [4.78, 5) is 10.6. The average molecular weight is 359 g/mol. The highest BCUT2D eigenvalue weighted by Crippen LogP contribution is 2.31. The molecule has 0 radical (unpaired) electrons. The number of ether oxygens (including phenoxy) is 2. The van der Waals surface area contributed by atoms with E-state index in [-0.39, 0.29) is 11.9 Å². The van der Waals surface area contributed by atoms with Crippen molar-refractivity contribution in [1.29, 1.82) is 0 Å². The van der Waals surface area contributed by atoms with Crippen LogP contribution in [0.3, 0.4) is 0 Å². The predicted molar refractivity (Wildman–Crippen MR) is 98.1 cm³/mol. The van der Waals surface area contributed by atoms with Gasteiger partial charge in [-0.25, -0.2) is 14.4 Å². The summed E-state index contributed by atoms with van der Waals surface area (Å²) in [5, 5.41) is 0. The average Bonchev–Trinajstić information content (AvgIpc) is 3.09. The first-order valence-electron chi connectivity index (χ1n) is 8.95. The van der Waals surface area contributed by atoms with E-state index in [9.17, 15) is 4.39 Å². The minimum absolute atomic E-state index is 0.00869. The molecule has 3 rings (SSSR count). The van der Waals surface area contributed by atoms with Crippen LogP contribution < -0.4 is 9.47 Å². The van der Waals surface area contributed by atoms with E-state index >= 15 is 0 Å². The number of hydrogen-bond acceptors (Lipinski definition) is 5. The van der Waals surface area contributed by atoms with Crippen LogP contribution in [0.1, 0.15) is 36.2 Å². The number of halogens is 1. The van der Waals surface area contributed by atoms with E-state index in [0.29, 0.717) is 23.2 Å². The number of aromatic nitrogens is 2. The molecule has 1 fully saturated rings. The number of methoxy groups -OCH3 is 2. The maximum Gasteiger partial charge on any atom is 0.213 e. The smallest absolute Gasteiger partial charge is 0.213 e. The SMILES string of the molecule is COc1cc(C(C)N2CC[C@H](Cc3cc(C)nc(OC)c3)C2)c(F)cn1. The Morgan fingerprint density at radius 2 is 2.00 bits per heavy atom. The maximum absolute atomic E-state index is 14.2. The Morgan fingerprint density at radius 3 is 2.73 bits per heavy atom. The summed E-state index contributed by atoms with van der Waals surface area (Å²) in [6.45, 7) is 5.92. The van der Waals surface area contributed by atoms with E-state index in [1.807, 2.05) is 19.9 Å². The van der Waals surface area contributed by atoms with Crippen molar-refractivity contribution in [1.82, 2.24) is 14.9 Å². The topological polar surface area (TPSA) is 47.5 Å². The quantitative estimate of drug-likeness (QED) is 0.789. The molecule has 1 unspecified atom stereocenters. The summed E-state index contributed by atoms with van der Waals surface area (Å²) in [5.74, 6) is 1.37. The molecule has 0 N–H and O–H groups in total. The lowest BCUT2D eigenvalue weighted by Gasteiger charge is -2.25. The molecule has 0 bridgehead atoms. The fraction of sp³-hybridized carbons (Fsp3) is 0.500. The molecule has 1 saturated heterocycles. The second kappa shape index (κ2) is 7.99. The molecule has 0 amide bonds. The number of nitrogens with zero attached hydrogens (tertiary/aromatic N) is 3. The van der Waals surface area contributed by atoms with Crippen LogP contribution in [-0.2, 0) is 6.42 Å². The van der Waals surface area contributed by atoms with Gasteiger partial charge < -0.3 is 9.47 Å². The molecule has 6 heteroatoms. The normalized spacial score (nSPS) is 18.7. The van der Waals surface area contributed by atoms with E-state index in [0.717, 1.165) is 31.6 Å². The molecular formula is C20H26FN3O2. The zero-order valence-corrected chi connectivity index (χ0v) is 15.8. The third-order valence-electron chi connectivity index (χ3n) is 5.11. The monoisotopic (exact) mass is 359 g/mol. The lowest BCUT2D eigenvalue weighted by molar-refractivity contribution is 0.246. The number of rotatable bonds is 6. The molecule has 140 valence electrons. The van der Waals surface area contributed by atoms with Gasteiger partial charge in [-0.3, -0.25) is 4.90 Å². The molecule has 0 aromatic carbocycles. The first-order valence-corrected chi connectivity index (χ1v) is 8.95. The molecule has 26 heavy (non-hydrogen) atoms. The van der Waals surface area contributed by atoms with Gasteiger partial charge in [0.25, 0.3) is 0 Å². The van der Waals surface area contributed by atoms with Crippen molar-refractivity contribution in [2.24, 2.45) is 5.92 Å². The van der Waals surface area contributed by atoms with Crippen molar-refractivity contribution < 1.29 is 13.9 Å². The Labute approximate surface area is 154 Å². The lowest BCUT2D eigenvalue weighted by atomic mass is 9.99. The van der Waals surface area contributed by atoms with Crippen LogP contribution in [0.25, 0.3) is 0 Å². The number of pyridine rings is 2. The van der Waals surface area contributed by atoms with Gasteiger partial charge in [0.1, 0.15) is 5.82 Å². The Balaban J connectivity index is 1.68. The van der Waals surface area contributed by atoms with Crippen molar-refractivity contribution in [2.45, 2.75) is 32.7 Å². The molecule has 1 aliphatic heterocycles. The van der Waals surface area contributed by atoms with E-state index in [2.05, 4.69) is 20.9 Å². The molecule has 3 heterocycles. The highest BCUT2D eigenvalue weighted by molar-refractivity contribution is 5.26. The van der Waals surface area contributed by atoms with Gasteiger partial charge in [0.2, 0.25) is 11.8 Å². The largest absolute Gasteiger partial charge is 0.481 e. The minimum Gasteiger partial charge on any atom is -0.481 e. The minimum atomic E-state index is -0.281. The standard InChI is InChI=1S/C20H26FN3O2/c1-13-7-16(9-20(23-13)26-4)8-15-5-6-24(12-15)14(2)17-10-19(25-3)22-11-18(17)21/h7,9-11,14-15H,5-6,8,12H2,1-4H3/t14?,15-/m1/s1. The number of aryl methyl sites for hydroxylation is 1. The molecule has 0 aliphatic carbocycles. The van der Waals surface area contributed by atoms with Crippen molar-refractivity contribution in [3.05, 3.63) is 47.0 Å².